The van der Waals surface area contributed by atoms with Crippen LogP contribution in [0, 0.1) is 5.82 Å². The molecule has 6 heteroatoms. The maximum absolute atomic E-state index is 12.8. The highest BCUT2D eigenvalue weighted by molar-refractivity contribution is 5.79. The fourth-order valence-electron chi connectivity index (χ4n) is 1.87. The number of nitrogens with one attached hydrogen (secondary N) is 1. The summed E-state index contributed by atoms with van der Waals surface area (Å²) in [6, 6.07) is 5.04. The summed E-state index contributed by atoms with van der Waals surface area (Å²) in [6.07, 6.45) is 0.686. The highest BCUT2D eigenvalue weighted by Gasteiger charge is 2.23. The van der Waals surface area contributed by atoms with Crippen molar-refractivity contribution >= 4 is 12.1 Å². The van der Waals surface area contributed by atoms with Crippen molar-refractivity contribution in [1.29, 1.82) is 0 Å². The molecule has 1 rings (SSSR count). The van der Waals surface area contributed by atoms with Crippen molar-refractivity contribution < 1.29 is 23.8 Å². The molecule has 2 N–H and O–H groups in total. The molecule has 1 atom stereocenters. The number of ether oxygens (including phenoxy) is 1. The van der Waals surface area contributed by atoms with Gasteiger partial charge in [0, 0.05) is 0 Å². The van der Waals surface area contributed by atoms with Crippen molar-refractivity contribution in [3.63, 3.8) is 0 Å². The van der Waals surface area contributed by atoms with Gasteiger partial charge in [-0.2, -0.15) is 0 Å². The van der Waals surface area contributed by atoms with Gasteiger partial charge in [-0.25, -0.2) is 14.0 Å². The normalized spacial score (nSPS) is 12.5. The Morgan fingerprint density at radius 3 is 2.36 bits per heavy atom. The second-order valence-electron chi connectivity index (χ2n) is 6.06. The van der Waals surface area contributed by atoms with Crippen LogP contribution in [0.5, 0.6) is 0 Å². The van der Waals surface area contributed by atoms with Crippen LogP contribution in [0.1, 0.15) is 39.2 Å². The Kier molecular flexibility index (Phi) is 6.34. The molecule has 0 aliphatic heterocycles. The summed E-state index contributed by atoms with van der Waals surface area (Å²) in [5.74, 6) is -1.41. The molecule has 5 nitrogen and oxygen atoms in total. The number of aryl methyl sites for hydroxylation is 1. The van der Waals surface area contributed by atoms with Crippen molar-refractivity contribution in [2.45, 2.75) is 51.7 Å². The summed E-state index contributed by atoms with van der Waals surface area (Å²) in [5, 5.41) is 11.5. The quantitative estimate of drug-likeness (QED) is 0.846. The number of aliphatic carboxylic acids is 1. The zero-order valence-electron chi connectivity index (χ0n) is 13.1. The monoisotopic (exact) mass is 311 g/mol. The van der Waals surface area contributed by atoms with Gasteiger partial charge < -0.3 is 15.2 Å². The van der Waals surface area contributed by atoms with Gasteiger partial charge in [0.05, 0.1) is 0 Å². The number of carboxylic acid groups (broad SMARTS) is 1. The zero-order valence-corrected chi connectivity index (χ0v) is 13.1. The standard InChI is InChI=1S/C16H22FNO4/c1-16(2,3)22-15(21)18-13(14(19)20)6-4-5-11-7-9-12(17)10-8-11/h7-10,13H,4-6H2,1-3H3,(H,18,21)(H,19,20)/t13-/m1/s1. The highest BCUT2D eigenvalue weighted by atomic mass is 19.1. The Balaban J connectivity index is 2.46. The number of carbonyl (C=O) groups is 2. The first-order chi connectivity index (χ1) is 10.2. The zero-order chi connectivity index (χ0) is 16.8. The lowest BCUT2D eigenvalue weighted by Crippen LogP contribution is -2.43. The summed E-state index contributed by atoms with van der Waals surface area (Å²) in [4.78, 5) is 22.8. The third-order valence-corrected chi connectivity index (χ3v) is 2.86. The van der Waals surface area contributed by atoms with Gasteiger partial charge >= 0.3 is 12.1 Å². The summed E-state index contributed by atoms with van der Waals surface area (Å²) in [5.41, 5.74) is 0.240. The predicted molar refractivity (Wildman–Crippen MR) is 80.1 cm³/mol. The number of halogens is 1. The Morgan fingerprint density at radius 1 is 1.27 bits per heavy atom. The second-order valence-corrected chi connectivity index (χ2v) is 6.06. The molecule has 0 unspecified atom stereocenters. The van der Waals surface area contributed by atoms with Gasteiger partial charge in [0.1, 0.15) is 17.5 Å². The molecule has 0 aliphatic rings. The van der Waals surface area contributed by atoms with E-state index in [1.165, 1.54) is 12.1 Å². The minimum atomic E-state index is -1.11. The lowest BCUT2D eigenvalue weighted by Gasteiger charge is -2.22. The van der Waals surface area contributed by atoms with Gasteiger partial charge in [-0.15, -0.1) is 0 Å². The molecule has 1 aromatic rings. The number of benzene rings is 1. The second kappa shape index (κ2) is 7.77. The van der Waals surface area contributed by atoms with E-state index in [-0.39, 0.29) is 12.2 Å². The molecular weight excluding hydrogens is 289 g/mol. The molecule has 0 heterocycles. The average Bonchev–Trinajstić information content (AvgIpc) is 2.37. The van der Waals surface area contributed by atoms with Crippen LogP contribution in [0.2, 0.25) is 0 Å². The maximum Gasteiger partial charge on any atom is 0.408 e. The molecular formula is C16H22FNO4. The molecule has 0 fully saturated rings. The molecule has 0 spiro atoms. The number of alkyl carbamates (subject to hydrolysis) is 1. The Labute approximate surface area is 129 Å². The topological polar surface area (TPSA) is 75.6 Å². The van der Waals surface area contributed by atoms with Crippen LogP contribution in [-0.2, 0) is 16.0 Å². The number of amides is 1. The smallest absolute Gasteiger partial charge is 0.408 e. The molecule has 0 aliphatic carbocycles. The number of carboxylic acids is 1. The molecule has 0 aromatic heterocycles. The van der Waals surface area contributed by atoms with Gasteiger partial charge in [-0.05, 0) is 57.7 Å². The Bertz CT molecular complexity index is 508. The van der Waals surface area contributed by atoms with Crippen LogP contribution in [0.4, 0.5) is 9.18 Å². The van der Waals surface area contributed by atoms with E-state index in [0.29, 0.717) is 12.8 Å². The minimum Gasteiger partial charge on any atom is -0.480 e. The molecule has 1 amide bonds. The summed E-state index contributed by atoms with van der Waals surface area (Å²) < 4.78 is 17.8. The molecule has 22 heavy (non-hydrogen) atoms. The largest absolute Gasteiger partial charge is 0.480 e. The lowest BCUT2D eigenvalue weighted by molar-refractivity contribution is -0.139. The van der Waals surface area contributed by atoms with E-state index in [4.69, 9.17) is 9.84 Å². The molecule has 0 saturated carbocycles. The number of carbonyl (C=O) groups excluding carboxylic acids is 1. The van der Waals surface area contributed by atoms with Crippen molar-refractivity contribution in [3.05, 3.63) is 35.6 Å². The van der Waals surface area contributed by atoms with E-state index in [2.05, 4.69) is 5.32 Å². The number of rotatable bonds is 6. The van der Waals surface area contributed by atoms with Gasteiger partial charge in [0.25, 0.3) is 0 Å². The lowest BCUT2D eigenvalue weighted by atomic mass is 10.0. The van der Waals surface area contributed by atoms with Gasteiger partial charge in [0.15, 0.2) is 0 Å². The van der Waals surface area contributed by atoms with Crippen LogP contribution in [0.3, 0.4) is 0 Å². The summed E-state index contributed by atoms with van der Waals surface area (Å²) in [7, 11) is 0. The molecule has 0 bridgehead atoms. The summed E-state index contributed by atoms with van der Waals surface area (Å²) in [6.45, 7) is 5.12. The van der Waals surface area contributed by atoms with E-state index in [0.717, 1.165) is 5.56 Å². The van der Waals surface area contributed by atoms with Gasteiger partial charge in [-0.1, -0.05) is 12.1 Å². The molecule has 0 radical (unpaired) electrons. The SMILES string of the molecule is CC(C)(C)OC(=O)N[C@H](CCCc1ccc(F)cc1)C(=O)O. The van der Waals surface area contributed by atoms with Crippen molar-refractivity contribution in [1.82, 2.24) is 5.32 Å². The predicted octanol–water partition coefficient (Wildman–Crippen LogP) is 3.13. The van der Waals surface area contributed by atoms with E-state index < -0.39 is 23.7 Å². The fraction of sp³-hybridized carbons (Fsp3) is 0.500. The van der Waals surface area contributed by atoms with Gasteiger partial charge in [0.2, 0.25) is 0 Å². The third-order valence-electron chi connectivity index (χ3n) is 2.86. The van der Waals surface area contributed by atoms with E-state index in [9.17, 15) is 14.0 Å². The molecule has 0 saturated heterocycles. The molecule has 122 valence electrons. The number of hydrogen-bond donors (Lipinski definition) is 2. The fourth-order valence-corrected chi connectivity index (χ4v) is 1.87. The van der Waals surface area contributed by atoms with E-state index in [1.54, 1.807) is 32.9 Å². The van der Waals surface area contributed by atoms with Crippen LogP contribution in [-0.4, -0.2) is 28.8 Å². The minimum absolute atomic E-state index is 0.270. The third kappa shape index (κ3) is 7.06. The summed E-state index contributed by atoms with van der Waals surface area (Å²) >= 11 is 0. The van der Waals surface area contributed by atoms with Crippen LogP contribution in [0.15, 0.2) is 24.3 Å². The van der Waals surface area contributed by atoms with Crippen molar-refractivity contribution in [2.75, 3.05) is 0 Å². The number of hydrogen-bond acceptors (Lipinski definition) is 3. The molecule has 1 aromatic carbocycles. The average molecular weight is 311 g/mol. The highest BCUT2D eigenvalue weighted by Crippen LogP contribution is 2.10. The van der Waals surface area contributed by atoms with Crippen molar-refractivity contribution in [3.8, 4) is 0 Å². The van der Waals surface area contributed by atoms with Crippen LogP contribution in [0.25, 0.3) is 0 Å². The van der Waals surface area contributed by atoms with Gasteiger partial charge in [-0.3, -0.25) is 0 Å². The first-order valence-corrected chi connectivity index (χ1v) is 7.14. The van der Waals surface area contributed by atoms with Crippen molar-refractivity contribution in [2.24, 2.45) is 0 Å². The Hall–Kier alpha value is -2.11. The first-order valence-electron chi connectivity index (χ1n) is 7.14. The van der Waals surface area contributed by atoms with E-state index >= 15 is 0 Å². The Morgan fingerprint density at radius 2 is 1.86 bits per heavy atom. The van der Waals surface area contributed by atoms with Crippen LogP contribution < -0.4 is 5.32 Å². The first kappa shape index (κ1) is 17.9. The van der Waals surface area contributed by atoms with Crippen LogP contribution >= 0.6 is 0 Å². The van der Waals surface area contributed by atoms with E-state index in [1.807, 2.05) is 0 Å². The maximum atomic E-state index is 12.8.